The first-order chi connectivity index (χ1) is 14.5. The van der Waals surface area contributed by atoms with Crippen molar-refractivity contribution in [3.8, 4) is 11.1 Å². The molecule has 0 aromatic heterocycles. The second kappa shape index (κ2) is 8.50. The van der Waals surface area contributed by atoms with Crippen LogP contribution in [0.25, 0.3) is 11.1 Å². The van der Waals surface area contributed by atoms with Crippen LogP contribution in [-0.4, -0.2) is 35.8 Å². The van der Waals surface area contributed by atoms with Gasteiger partial charge in [0.15, 0.2) is 0 Å². The van der Waals surface area contributed by atoms with Gasteiger partial charge in [0.1, 0.15) is 6.04 Å². The number of rotatable bonds is 3. The van der Waals surface area contributed by atoms with Crippen LogP contribution in [0.3, 0.4) is 0 Å². The Morgan fingerprint density at radius 3 is 2.33 bits per heavy atom. The Kier molecular flexibility index (Phi) is 5.80. The molecule has 3 aromatic rings. The zero-order chi connectivity index (χ0) is 21.3. The molecule has 1 saturated heterocycles. The summed E-state index contributed by atoms with van der Waals surface area (Å²) in [5.74, 6) is -0.344. The molecule has 0 N–H and O–H groups in total. The van der Waals surface area contributed by atoms with Crippen molar-refractivity contribution in [3.63, 3.8) is 0 Å². The first-order valence-electron chi connectivity index (χ1n) is 9.69. The zero-order valence-corrected chi connectivity index (χ0v) is 17.9. The highest BCUT2D eigenvalue weighted by atomic mass is 35.5. The van der Waals surface area contributed by atoms with E-state index >= 15 is 0 Å². The van der Waals surface area contributed by atoms with Crippen LogP contribution < -0.4 is 4.90 Å². The van der Waals surface area contributed by atoms with E-state index in [-0.39, 0.29) is 11.8 Å². The average molecular weight is 439 g/mol. The Morgan fingerprint density at radius 2 is 1.60 bits per heavy atom. The molecule has 4 rings (SSSR count). The number of halogens is 2. The van der Waals surface area contributed by atoms with Crippen molar-refractivity contribution in [3.05, 3.63) is 88.4 Å². The zero-order valence-electron chi connectivity index (χ0n) is 16.4. The van der Waals surface area contributed by atoms with Gasteiger partial charge in [0.05, 0.1) is 15.7 Å². The molecule has 2 amide bonds. The largest absolute Gasteiger partial charge is 0.325 e. The van der Waals surface area contributed by atoms with Gasteiger partial charge in [-0.05, 0) is 36.8 Å². The number of piperazine rings is 1. The minimum Gasteiger partial charge on any atom is -0.325 e. The van der Waals surface area contributed by atoms with E-state index in [0.717, 1.165) is 16.8 Å². The monoisotopic (exact) mass is 438 g/mol. The van der Waals surface area contributed by atoms with Crippen molar-refractivity contribution in [1.82, 2.24) is 4.90 Å². The smallest absolute Gasteiger partial charge is 0.254 e. The Labute approximate surface area is 185 Å². The fraction of sp³-hybridized carbons (Fsp3) is 0.167. The molecule has 0 saturated carbocycles. The molecule has 0 unspecified atom stereocenters. The summed E-state index contributed by atoms with van der Waals surface area (Å²) in [5.41, 5.74) is 3.30. The number of amides is 2. The molecular formula is C24H20Cl2N2O2. The van der Waals surface area contributed by atoms with E-state index in [4.69, 9.17) is 23.2 Å². The summed E-state index contributed by atoms with van der Waals surface area (Å²) >= 11 is 12.0. The van der Waals surface area contributed by atoms with Crippen LogP contribution >= 0.6 is 23.2 Å². The molecule has 0 spiro atoms. The lowest BCUT2D eigenvalue weighted by molar-refractivity contribution is -0.124. The summed E-state index contributed by atoms with van der Waals surface area (Å²) in [7, 11) is 0. The number of carbonyl (C=O) groups excluding carboxylic acids is 2. The third-order valence-electron chi connectivity index (χ3n) is 5.36. The van der Waals surface area contributed by atoms with Crippen LogP contribution in [0.1, 0.15) is 17.3 Å². The van der Waals surface area contributed by atoms with Crippen molar-refractivity contribution >= 4 is 40.7 Å². The number of nitrogens with zero attached hydrogens (tertiary/aromatic N) is 2. The van der Waals surface area contributed by atoms with Gasteiger partial charge >= 0.3 is 0 Å². The number of benzene rings is 3. The van der Waals surface area contributed by atoms with Crippen molar-refractivity contribution in [1.29, 1.82) is 0 Å². The van der Waals surface area contributed by atoms with E-state index < -0.39 is 6.04 Å². The highest BCUT2D eigenvalue weighted by Crippen LogP contribution is 2.33. The van der Waals surface area contributed by atoms with Crippen LogP contribution in [-0.2, 0) is 4.79 Å². The Balaban J connectivity index is 1.61. The number of anilines is 1. The van der Waals surface area contributed by atoms with Crippen molar-refractivity contribution in [2.24, 2.45) is 0 Å². The molecule has 0 radical (unpaired) electrons. The van der Waals surface area contributed by atoms with Crippen LogP contribution in [0, 0.1) is 0 Å². The molecule has 0 aliphatic carbocycles. The van der Waals surface area contributed by atoms with Crippen molar-refractivity contribution in [2.45, 2.75) is 13.0 Å². The van der Waals surface area contributed by atoms with Crippen molar-refractivity contribution in [2.75, 3.05) is 18.0 Å². The number of hydrogen-bond acceptors (Lipinski definition) is 2. The highest BCUT2D eigenvalue weighted by Gasteiger charge is 2.36. The fourth-order valence-corrected chi connectivity index (χ4v) is 4.05. The lowest BCUT2D eigenvalue weighted by atomic mass is 10.0. The Hall–Kier alpha value is -2.82. The quantitative estimate of drug-likeness (QED) is 0.538. The molecule has 1 fully saturated rings. The van der Waals surface area contributed by atoms with Gasteiger partial charge in [-0.2, -0.15) is 0 Å². The van der Waals surface area contributed by atoms with E-state index in [1.54, 1.807) is 34.9 Å². The predicted octanol–water partition coefficient (Wildman–Crippen LogP) is 5.54. The lowest BCUT2D eigenvalue weighted by Crippen LogP contribution is -2.57. The summed E-state index contributed by atoms with van der Waals surface area (Å²) in [5, 5.41) is 0.705. The summed E-state index contributed by atoms with van der Waals surface area (Å²) < 4.78 is 0. The van der Waals surface area contributed by atoms with Gasteiger partial charge in [-0.15, -0.1) is 0 Å². The number of para-hydroxylation sites is 1. The van der Waals surface area contributed by atoms with Gasteiger partial charge in [0, 0.05) is 24.2 Å². The predicted molar refractivity (Wildman–Crippen MR) is 121 cm³/mol. The molecule has 30 heavy (non-hydrogen) atoms. The maximum Gasteiger partial charge on any atom is 0.254 e. The third kappa shape index (κ3) is 3.81. The number of carbonyl (C=O) groups is 2. The molecule has 3 aromatic carbocycles. The summed E-state index contributed by atoms with van der Waals surface area (Å²) in [6.45, 7) is 2.60. The van der Waals surface area contributed by atoms with Gasteiger partial charge in [-0.3, -0.25) is 9.59 Å². The first-order valence-corrected chi connectivity index (χ1v) is 10.4. The van der Waals surface area contributed by atoms with E-state index in [9.17, 15) is 9.59 Å². The number of hydrogen-bond donors (Lipinski definition) is 0. The first kappa shape index (κ1) is 20.5. The second-order valence-corrected chi connectivity index (χ2v) is 7.99. The second-order valence-electron chi connectivity index (χ2n) is 7.18. The van der Waals surface area contributed by atoms with E-state index in [2.05, 4.69) is 0 Å². The maximum absolute atomic E-state index is 13.3. The topological polar surface area (TPSA) is 40.6 Å². The molecule has 1 atom stereocenters. The van der Waals surface area contributed by atoms with Crippen LogP contribution in [0.4, 0.5) is 5.69 Å². The van der Waals surface area contributed by atoms with Gasteiger partial charge in [-0.1, -0.05) is 71.7 Å². The molecule has 0 bridgehead atoms. The van der Waals surface area contributed by atoms with Gasteiger partial charge in [-0.25, -0.2) is 0 Å². The Bertz CT molecular complexity index is 1100. The molecule has 1 aliphatic heterocycles. The minimum atomic E-state index is -0.593. The standard InChI is InChI=1S/C24H20Cl2N2O2/c1-16-23(29)28(22-10-6-5-9-19(22)17-7-3-2-4-8-17)14-13-27(16)24(30)18-11-12-20(25)21(26)15-18/h2-12,15-16H,13-14H2,1H3/t16-/m0/s1. The maximum atomic E-state index is 13.3. The molecular weight excluding hydrogens is 419 g/mol. The normalized spacial score (nSPS) is 16.6. The van der Waals surface area contributed by atoms with Gasteiger partial charge < -0.3 is 9.80 Å². The SMILES string of the molecule is C[C@H]1C(=O)N(c2ccccc2-c2ccccc2)CCN1C(=O)c1ccc(Cl)c(Cl)c1. The molecule has 1 aliphatic rings. The lowest BCUT2D eigenvalue weighted by Gasteiger charge is -2.39. The summed E-state index contributed by atoms with van der Waals surface area (Å²) in [4.78, 5) is 29.6. The molecule has 1 heterocycles. The molecule has 4 nitrogen and oxygen atoms in total. The third-order valence-corrected chi connectivity index (χ3v) is 6.10. The minimum absolute atomic E-state index is 0.113. The van der Waals surface area contributed by atoms with E-state index in [1.807, 2.05) is 54.6 Å². The van der Waals surface area contributed by atoms with Crippen LogP contribution in [0.15, 0.2) is 72.8 Å². The van der Waals surface area contributed by atoms with Crippen molar-refractivity contribution < 1.29 is 9.59 Å². The molecule has 152 valence electrons. The van der Waals surface area contributed by atoms with Gasteiger partial charge in [0.25, 0.3) is 5.91 Å². The average Bonchev–Trinajstić information content (AvgIpc) is 2.78. The van der Waals surface area contributed by atoms with E-state index in [0.29, 0.717) is 28.7 Å². The summed E-state index contributed by atoms with van der Waals surface area (Å²) in [6.07, 6.45) is 0. The van der Waals surface area contributed by atoms with Gasteiger partial charge in [0.2, 0.25) is 5.91 Å². The fourth-order valence-electron chi connectivity index (χ4n) is 3.75. The Morgan fingerprint density at radius 1 is 0.900 bits per heavy atom. The summed E-state index contributed by atoms with van der Waals surface area (Å²) in [6, 6.07) is 22.0. The van der Waals surface area contributed by atoms with Crippen LogP contribution in [0.5, 0.6) is 0 Å². The molecule has 6 heteroatoms. The highest BCUT2D eigenvalue weighted by molar-refractivity contribution is 6.42. The van der Waals surface area contributed by atoms with Crippen LogP contribution in [0.2, 0.25) is 10.0 Å². The van der Waals surface area contributed by atoms with E-state index in [1.165, 1.54) is 0 Å².